The quantitative estimate of drug-likeness (QED) is 0.0625. The molecule has 0 aliphatic heterocycles. The molecule has 0 saturated carbocycles. The van der Waals surface area contributed by atoms with E-state index in [1.807, 2.05) is 19.1 Å². The van der Waals surface area contributed by atoms with Gasteiger partial charge in [-0.15, -0.1) is 0 Å². The highest BCUT2D eigenvalue weighted by atomic mass is 16.5. The highest BCUT2D eigenvalue weighted by Crippen LogP contribution is 2.24. The smallest absolute Gasteiger partial charge is 0.303 e. The number of rotatable bonds is 18. The number of allylic oxidation sites excluding steroid dienone is 2. The Bertz CT molecular complexity index is 2540. The molecule has 7 N–H and O–H groups in total. The lowest BCUT2D eigenvalue weighted by Gasteiger charge is -2.11. The molecule has 6 rings (SSSR count). The van der Waals surface area contributed by atoms with E-state index in [1.165, 1.54) is 4.68 Å². The lowest BCUT2D eigenvalue weighted by Crippen LogP contribution is -2.21. The summed E-state index contributed by atoms with van der Waals surface area (Å²) in [7, 11) is 0. The Hall–Kier alpha value is -7.15. The molecule has 296 valence electrons. The van der Waals surface area contributed by atoms with E-state index >= 15 is 0 Å². The van der Waals surface area contributed by atoms with Gasteiger partial charge in [0.05, 0.1) is 46.6 Å². The molecule has 4 amide bonds. The largest absolute Gasteiger partial charge is 0.481 e. The van der Waals surface area contributed by atoms with Crippen LogP contribution in [0.4, 0.5) is 11.9 Å². The summed E-state index contributed by atoms with van der Waals surface area (Å²) >= 11 is 0. The first-order valence-corrected chi connectivity index (χ1v) is 18.1. The zero-order valence-electron chi connectivity index (χ0n) is 31.6. The van der Waals surface area contributed by atoms with Crippen LogP contribution in [-0.2, 0) is 35.7 Å². The van der Waals surface area contributed by atoms with Crippen LogP contribution in [0.1, 0.15) is 72.8 Å². The number of aliphatic carboxylic acids is 1. The molecule has 0 radical (unpaired) electrons. The molecule has 4 heterocycles. The van der Waals surface area contributed by atoms with Crippen LogP contribution < -0.4 is 22.1 Å². The number of aromatic nitrogens is 8. The number of carboxylic acid groups (broad SMARTS) is 1. The molecule has 0 unspecified atom stereocenters. The predicted molar refractivity (Wildman–Crippen MR) is 209 cm³/mol. The summed E-state index contributed by atoms with van der Waals surface area (Å²) in [5.74, 6) is -2.61. The maximum absolute atomic E-state index is 13.7. The van der Waals surface area contributed by atoms with Crippen molar-refractivity contribution in [2.75, 3.05) is 23.8 Å². The summed E-state index contributed by atoms with van der Waals surface area (Å²) in [4.78, 5) is 71.1. The third-order valence-corrected chi connectivity index (χ3v) is 8.95. The minimum Gasteiger partial charge on any atom is -0.481 e. The van der Waals surface area contributed by atoms with E-state index in [1.54, 1.807) is 76.2 Å². The van der Waals surface area contributed by atoms with Gasteiger partial charge >= 0.3 is 5.97 Å². The summed E-state index contributed by atoms with van der Waals surface area (Å²) in [5.41, 5.74) is 15.6. The molecule has 0 aliphatic carbocycles. The number of nitrogens with zero attached hydrogens (tertiary/aromatic N) is 8. The van der Waals surface area contributed by atoms with E-state index in [4.69, 9.17) is 21.3 Å². The highest BCUT2D eigenvalue weighted by molar-refractivity contribution is 6.04. The molecular formula is C38H42N12O7. The average molecular weight is 779 g/mol. The minimum atomic E-state index is -0.900. The molecule has 19 nitrogen and oxygen atoms in total. The van der Waals surface area contributed by atoms with Crippen molar-refractivity contribution in [1.29, 1.82) is 0 Å². The number of benzene rings is 2. The van der Waals surface area contributed by atoms with E-state index in [9.17, 15) is 24.0 Å². The Morgan fingerprint density at radius 3 is 1.70 bits per heavy atom. The van der Waals surface area contributed by atoms with Crippen molar-refractivity contribution >= 4 is 63.6 Å². The first-order chi connectivity index (χ1) is 27.3. The SMILES string of the molecule is CCn1nc(C)cc1C(=O)Nc1nc2cc(C(N)=O)ccc2n1C/C=C/Cn1c(NC(=O)c2cc(C)nn2CCOCCCC(=O)O)nc2cc(C(N)=O)ccc21. The molecule has 0 saturated heterocycles. The lowest BCUT2D eigenvalue weighted by molar-refractivity contribution is -0.137. The number of aryl methyl sites for hydroxylation is 3. The van der Waals surface area contributed by atoms with E-state index in [-0.39, 0.29) is 68.0 Å². The van der Waals surface area contributed by atoms with Crippen molar-refractivity contribution in [2.45, 2.75) is 59.8 Å². The van der Waals surface area contributed by atoms with Gasteiger partial charge in [0, 0.05) is 43.8 Å². The van der Waals surface area contributed by atoms with Crippen LogP contribution >= 0.6 is 0 Å². The number of ether oxygens (including phenoxy) is 1. The van der Waals surface area contributed by atoms with Gasteiger partial charge in [0.15, 0.2) is 0 Å². The Kier molecular flexibility index (Phi) is 11.9. The van der Waals surface area contributed by atoms with Crippen molar-refractivity contribution in [3.63, 3.8) is 0 Å². The third-order valence-electron chi connectivity index (χ3n) is 8.95. The summed E-state index contributed by atoms with van der Waals surface area (Å²) < 4.78 is 12.2. The number of primary amides is 2. The van der Waals surface area contributed by atoms with Gasteiger partial charge in [-0.1, -0.05) is 12.2 Å². The molecule has 0 atom stereocenters. The number of carboxylic acids is 1. The number of hydrogen-bond acceptors (Lipinski definition) is 10. The highest BCUT2D eigenvalue weighted by Gasteiger charge is 2.21. The van der Waals surface area contributed by atoms with E-state index in [0.717, 1.165) is 0 Å². The van der Waals surface area contributed by atoms with Crippen molar-refractivity contribution in [1.82, 2.24) is 38.7 Å². The number of imidazole rings is 2. The second kappa shape index (κ2) is 17.1. The fraction of sp³-hybridized carbons (Fsp3) is 0.289. The molecule has 19 heteroatoms. The van der Waals surface area contributed by atoms with Crippen LogP contribution in [0, 0.1) is 13.8 Å². The summed E-state index contributed by atoms with van der Waals surface area (Å²) in [6.45, 7) is 7.11. The lowest BCUT2D eigenvalue weighted by atomic mass is 10.2. The molecule has 0 fully saturated rings. The second-order valence-electron chi connectivity index (χ2n) is 13.1. The third kappa shape index (κ3) is 9.05. The van der Waals surface area contributed by atoms with Crippen molar-refractivity contribution in [3.8, 4) is 0 Å². The van der Waals surface area contributed by atoms with Crippen LogP contribution in [0.3, 0.4) is 0 Å². The molecule has 0 aliphatic rings. The first-order valence-electron chi connectivity index (χ1n) is 18.1. The number of anilines is 2. The summed E-state index contributed by atoms with van der Waals surface area (Å²) in [5, 5.41) is 23.4. The predicted octanol–water partition coefficient (Wildman–Crippen LogP) is 3.26. The average Bonchev–Trinajstić information content (AvgIpc) is 3.93. The minimum absolute atomic E-state index is 0.00282. The van der Waals surface area contributed by atoms with Gasteiger partial charge in [-0.3, -0.25) is 44.0 Å². The monoisotopic (exact) mass is 778 g/mol. The number of carbonyl (C=O) groups is 5. The van der Waals surface area contributed by atoms with Gasteiger partial charge in [0.1, 0.15) is 11.4 Å². The van der Waals surface area contributed by atoms with Crippen molar-refractivity contribution in [3.05, 3.63) is 94.6 Å². The molecule has 0 bridgehead atoms. The summed E-state index contributed by atoms with van der Waals surface area (Å²) in [6.07, 6.45) is 4.06. The van der Waals surface area contributed by atoms with Gasteiger partial charge in [-0.25, -0.2) is 9.97 Å². The van der Waals surface area contributed by atoms with Crippen LogP contribution in [0.15, 0.2) is 60.7 Å². The Morgan fingerprint density at radius 1 is 0.737 bits per heavy atom. The van der Waals surface area contributed by atoms with Crippen molar-refractivity contribution < 1.29 is 33.8 Å². The van der Waals surface area contributed by atoms with Crippen molar-refractivity contribution in [2.24, 2.45) is 11.5 Å². The van der Waals surface area contributed by atoms with Crippen LogP contribution in [0.5, 0.6) is 0 Å². The van der Waals surface area contributed by atoms with Gasteiger partial charge in [0.25, 0.3) is 11.8 Å². The Morgan fingerprint density at radius 2 is 1.23 bits per heavy atom. The van der Waals surface area contributed by atoms with Gasteiger partial charge < -0.3 is 30.4 Å². The topological polar surface area (TPSA) is 262 Å². The van der Waals surface area contributed by atoms with Crippen LogP contribution in [0.2, 0.25) is 0 Å². The number of carbonyl (C=O) groups excluding carboxylic acids is 4. The molecule has 6 aromatic rings. The second-order valence-corrected chi connectivity index (χ2v) is 13.1. The Balaban J connectivity index is 1.25. The van der Waals surface area contributed by atoms with Gasteiger partial charge in [-0.2, -0.15) is 10.2 Å². The van der Waals surface area contributed by atoms with Crippen LogP contribution in [0.25, 0.3) is 22.1 Å². The molecule has 57 heavy (non-hydrogen) atoms. The van der Waals surface area contributed by atoms with E-state index in [2.05, 4.69) is 30.8 Å². The maximum atomic E-state index is 13.7. The normalized spacial score (nSPS) is 11.5. The number of fused-ring (bicyclic) bond motifs is 2. The zero-order chi connectivity index (χ0) is 40.8. The fourth-order valence-electron chi connectivity index (χ4n) is 6.26. The molecule has 0 spiro atoms. The molecule has 4 aromatic heterocycles. The molecule has 2 aromatic carbocycles. The number of amides is 4. The fourth-order valence-corrected chi connectivity index (χ4v) is 6.26. The number of nitrogens with one attached hydrogen (secondary N) is 2. The number of hydrogen-bond donors (Lipinski definition) is 5. The summed E-state index contributed by atoms with van der Waals surface area (Å²) in [6, 6.07) is 13.0. The van der Waals surface area contributed by atoms with Crippen LogP contribution in [-0.4, -0.2) is 86.6 Å². The number of nitrogens with two attached hydrogens (primary N) is 2. The Labute approximate surface area is 325 Å². The van der Waals surface area contributed by atoms with E-state index in [0.29, 0.717) is 52.1 Å². The maximum Gasteiger partial charge on any atom is 0.303 e. The standard InChI is InChI=1S/C38H42N12O7/c1-4-49-30(18-22(2)45-49)35(55)43-37-41-26-20-24(33(39)53)9-11-28(26)47(37)13-5-6-14-48-29-12-10-25(34(40)54)21-27(29)42-38(48)44-36(56)31-19-23(3)46-50(31)15-17-57-16-7-8-32(51)52/h5-6,9-12,18-21H,4,7-8,13-17H2,1-3H3,(H2,39,53)(H2,40,54)(H,51,52)(H,41,43,55)(H,42,44,56)/b6-5+. The zero-order valence-corrected chi connectivity index (χ0v) is 31.6. The van der Waals surface area contributed by atoms with E-state index < -0.39 is 29.6 Å². The first kappa shape index (κ1) is 39.5. The molecular weight excluding hydrogens is 736 g/mol. The van der Waals surface area contributed by atoms with Gasteiger partial charge in [0.2, 0.25) is 23.7 Å². The van der Waals surface area contributed by atoms with Gasteiger partial charge in [-0.05, 0) is 75.7 Å².